The van der Waals surface area contributed by atoms with E-state index in [1.54, 1.807) is 0 Å². The van der Waals surface area contributed by atoms with Crippen molar-refractivity contribution in [2.75, 3.05) is 13.2 Å². The second-order valence-corrected chi connectivity index (χ2v) is 3.25. The average Bonchev–Trinajstić information content (AvgIpc) is 2.30. The third-order valence-corrected chi connectivity index (χ3v) is 2.33. The van der Waals surface area contributed by atoms with Gasteiger partial charge in [0.2, 0.25) is 0 Å². The van der Waals surface area contributed by atoms with Crippen LogP contribution in [0.5, 0.6) is 0 Å². The second kappa shape index (κ2) is 4.08. The Kier molecular flexibility index (Phi) is 2.62. The molecule has 0 bridgehead atoms. The highest BCUT2D eigenvalue weighted by molar-refractivity contribution is 5.67. The van der Waals surface area contributed by atoms with E-state index in [-0.39, 0.29) is 0 Å². The maximum atomic E-state index is 8.77. The van der Waals surface area contributed by atoms with Gasteiger partial charge in [0.15, 0.2) is 0 Å². The van der Waals surface area contributed by atoms with Gasteiger partial charge in [0.05, 0.1) is 24.8 Å². The predicted molar refractivity (Wildman–Crippen MR) is 54.6 cm³/mol. The standard InChI is InChI=1S/C12H11NO/c13-9-10-2-1-3-12(8-10)11-4-6-14-7-5-11/h1-4,8H,5-7H2. The molecule has 1 aliphatic rings. The summed E-state index contributed by atoms with van der Waals surface area (Å²) >= 11 is 0. The molecule has 0 radical (unpaired) electrons. The summed E-state index contributed by atoms with van der Waals surface area (Å²) in [7, 11) is 0. The number of hydrogen-bond donors (Lipinski definition) is 0. The minimum Gasteiger partial charge on any atom is -0.377 e. The lowest BCUT2D eigenvalue weighted by Gasteiger charge is -2.13. The van der Waals surface area contributed by atoms with Crippen molar-refractivity contribution in [1.29, 1.82) is 5.26 Å². The molecule has 0 saturated carbocycles. The van der Waals surface area contributed by atoms with Gasteiger partial charge >= 0.3 is 0 Å². The summed E-state index contributed by atoms with van der Waals surface area (Å²) in [6.07, 6.45) is 3.02. The Morgan fingerprint density at radius 1 is 1.36 bits per heavy atom. The zero-order valence-electron chi connectivity index (χ0n) is 7.86. The monoisotopic (exact) mass is 185 g/mol. The summed E-state index contributed by atoms with van der Waals surface area (Å²) in [5, 5.41) is 8.77. The summed E-state index contributed by atoms with van der Waals surface area (Å²) in [4.78, 5) is 0. The highest BCUT2D eigenvalue weighted by atomic mass is 16.5. The Hall–Kier alpha value is -1.59. The van der Waals surface area contributed by atoms with E-state index in [4.69, 9.17) is 10.00 Å². The molecular weight excluding hydrogens is 174 g/mol. The zero-order valence-corrected chi connectivity index (χ0v) is 7.86. The van der Waals surface area contributed by atoms with Crippen LogP contribution in [0.3, 0.4) is 0 Å². The summed E-state index contributed by atoms with van der Waals surface area (Å²) in [5.74, 6) is 0. The molecular formula is C12H11NO. The molecule has 2 nitrogen and oxygen atoms in total. The quantitative estimate of drug-likeness (QED) is 0.672. The SMILES string of the molecule is N#Cc1cccc(C2=CCOCC2)c1. The third kappa shape index (κ3) is 1.84. The molecule has 1 heterocycles. The summed E-state index contributed by atoms with van der Waals surface area (Å²) in [5.41, 5.74) is 3.15. The van der Waals surface area contributed by atoms with Crippen molar-refractivity contribution in [3.8, 4) is 6.07 Å². The van der Waals surface area contributed by atoms with Gasteiger partial charge in [-0.2, -0.15) is 5.26 Å². The number of benzene rings is 1. The van der Waals surface area contributed by atoms with E-state index < -0.39 is 0 Å². The van der Waals surface area contributed by atoms with Gasteiger partial charge in [-0.3, -0.25) is 0 Å². The molecule has 2 rings (SSSR count). The second-order valence-electron chi connectivity index (χ2n) is 3.25. The molecule has 0 amide bonds. The first-order valence-electron chi connectivity index (χ1n) is 4.67. The fourth-order valence-electron chi connectivity index (χ4n) is 1.58. The van der Waals surface area contributed by atoms with E-state index in [2.05, 4.69) is 12.1 Å². The third-order valence-electron chi connectivity index (χ3n) is 2.33. The van der Waals surface area contributed by atoms with E-state index in [0.29, 0.717) is 6.61 Å². The number of nitrogens with zero attached hydrogens (tertiary/aromatic N) is 1. The predicted octanol–water partition coefficient (Wildman–Crippen LogP) is 2.36. The van der Waals surface area contributed by atoms with Crippen molar-refractivity contribution in [3.63, 3.8) is 0 Å². The van der Waals surface area contributed by atoms with Crippen molar-refractivity contribution in [2.45, 2.75) is 6.42 Å². The Labute approximate surface area is 83.4 Å². The molecule has 1 aromatic rings. The molecule has 0 saturated heterocycles. The van der Waals surface area contributed by atoms with Gasteiger partial charge in [-0.25, -0.2) is 0 Å². The Morgan fingerprint density at radius 2 is 2.29 bits per heavy atom. The van der Waals surface area contributed by atoms with E-state index in [9.17, 15) is 0 Å². The van der Waals surface area contributed by atoms with Gasteiger partial charge in [0, 0.05) is 0 Å². The van der Waals surface area contributed by atoms with Crippen molar-refractivity contribution < 1.29 is 4.74 Å². The minimum atomic E-state index is 0.687. The average molecular weight is 185 g/mol. The smallest absolute Gasteiger partial charge is 0.0991 e. The van der Waals surface area contributed by atoms with E-state index >= 15 is 0 Å². The van der Waals surface area contributed by atoms with Crippen molar-refractivity contribution in [3.05, 3.63) is 41.5 Å². The van der Waals surface area contributed by atoms with Crippen LogP contribution in [0.2, 0.25) is 0 Å². The molecule has 0 unspecified atom stereocenters. The summed E-state index contributed by atoms with van der Waals surface area (Å²) in [6, 6.07) is 9.86. The van der Waals surface area contributed by atoms with Crippen LogP contribution in [0.15, 0.2) is 30.3 Å². The largest absolute Gasteiger partial charge is 0.377 e. The summed E-state index contributed by atoms with van der Waals surface area (Å²) in [6.45, 7) is 1.47. The lowest BCUT2D eigenvalue weighted by molar-refractivity contribution is 0.161. The maximum absolute atomic E-state index is 8.77. The number of ether oxygens (including phenoxy) is 1. The van der Waals surface area contributed by atoms with E-state index in [0.717, 1.165) is 24.2 Å². The molecule has 1 aromatic carbocycles. The normalized spacial score (nSPS) is 15.8. The fourth-order valence-corrected chi connectivity index (χ4v) is 1.58. The first-order valence-corrected chi connectivity index (χ1v) is 4.67. The van der Waals surface area contributed by atoms with Gasteiger partial charge in [0.1, 0.15) is 0 Å². The van der Waals surface area contributed by atoms with Gasteiger partial charge < -0.3 is 4.74 Å². The molecule has 1 aliphatic heterocycles. The van der Waals surface area contributed by atoms with Gasteiger partial charge in [-0.05, 0) is 29.7 Å². The Balaban J connectivity index is 2.32. The lowest BCUT2D eigenvalue weighted by atomic mass is 10.00. The summed E-state index contributed by atoms with van der Waals surface area (Å²) < 4.78 is 5.24. The molecule has 0 N–H and O–H groups in total. The minimum absolute atomic E-state index is 0.687. The van der Waals surface area contributed by atoms with Crippen molar-refractivity contribution >= 4 is 5.57 Å². The van der Waals surface area contributed by atoms with Crippen LogP contribution < -0.4 is 0 Å². The van der Waals surface area contributed by atoms with Crippen LogP contribution in [0.1, 0.15) is 17.5 Å². The van der Waals surface area contributed by atoms with Crippen LogP contribution in [-0.2, 0) is 4.74 Å². The highest BCUT2D eigenvalue weighted by Crippen LogP contribution is 2.21. The van der Waals surface area contributed by atoms with Crippen molar-refractivity contribution in [1.82, 2.24) is 0 Å². The Morgan fingerprint density at radius 3 is 3.00 bits per heavy atom. The lowest BCUT2D eigenvalue weighted by Crippen LogP contribution is -2.03. The van der Waals surface area contributed by atoms with Crippen molar-refractivity contribution in [2.24, 2.45) is 0 Å². The molecule has 0 spiro atoms. The van der Waals surface area contributed by atoms with Crippen LogP contribution in [0.4, 0.5) is 0 Å². The number of hydrogen-bond acceptors (Lipinski definition) is 2. The molecule has 14 heavy (non-hydrogen) atoms. The molecule has 70 valence electrons. The zero-order chi connectivity index (χ0) is 9.80. The highest BCUT2D eigenvalue weighted by Gasteiger charge is 2.06. The van der Waals surface area contributed by atoms with Gasteiger partial charge in [-0.15, -0.1) is 0 Å². The molecule has 0 aliphatic carbocycles. The first-order chi connectivity index (χ1) is 6.90. The topological polar surface area (TPSA) is 33.0 Å². The number of nitriles is 1. The molecule has 2 heteroatoms. The molecule has 0 aromatic heterocycles. The maximum Gasteiger partial charge on any atom is 0.0991 e. The number of rotatable bonds is 1. The first kappa shape index (κ1) is 8.98. The van der Waals surface area contributed by atoms with Crippen LogP contribution in [-0.4, -0.2) is 13.2 Å². The van der Waals surface area contributed by atoms with E-state index in [1.165, 1.54) is 5.57 Å². The van der Waals surface area contributed by atoms with E-state index in [1.807, 2.05) is 24.3 Å². The van der Waals surface area contributed by atoms with Gasteiger partial charge in [0.25, 0.3) is 0 Å². The van der Waals surface area contributed by atoms with Crippen LogP contribution >= 0.6 is 0 Å². The fraction of sp³-hybridized carbons (Fsp3) is 0.250. The molecule has 0 atom stereocenters. The van der Waals surface area contributed by atoms with Crippen LogP contribution in [0.25, 0.3) is 5.57 Å². The van der Waals surface area contributed by atoms with Gasteiger partial charge in [-0.1, -0.05) is 18.2 Å². The van der Waals surface area contributed by atoms with Crippen LogP contribution in [0, 0.1) is 11.3 Å². The Bertz CT molecular complexity index is 401. The molecule has 0 fully saturated rings.